The van der Waals surface area contributed by atoms with Gasteiger partial charge in [-0.3, -0.25) is 0 Å². The summed E-state index contributed by atoms with van der Waals surface area (Å²) in [6.45, 7) is -0.0662. The lowest BCUT2D eigenvalue weighted by Gasteiger charge is -2.36. The quantitative estimate of drug-likeness (QED) is 0.286. The van der Waals surface area contributed by atoms with E-state index in [0.29, 0.717) is 22.5 Å². The summed E-state index contributed by atoms with van der Waals surface area (Å²) in [4.78, 5) is 11.8. The highest BCUT2D eigenvalue weighted by Crippen LogP contribution is 2.35. The first-order chi connectivity index (χ1) is 20.1. The zero-order valence-corrected chi connectivity index (χ0v) is 23.5. The monoisotopic (exact) mass is 604 g/mol. The van der Waals surface area contributed by atoms with Crippen molar-refractivity contribution < 1.29 is 26.7 Å². The summed E-state index contributed by atoms with van der Waals surface area (Å²) in [5.41, 5.74) is 2.24. The number of aromatic nitrogens is 4. The van der Waals surface area contributed by atoms with Crippen LogP contribution in [0.2, 0.25) is 0 Å². The molecule has 1 atom stereocenters. The van der Waals surface area contributed by atoms with Crippen LogP contribution in [0.1, 0.15) is 17.3 Å². The van der Waals surface area contributed by atoms with Crippen LogP contribution in [0.3, 0.4) is 0 Å². The third-order valence-corrected chi connectivity index (χ3v) is 10.6. The maximum atomic E-state index is 13.7. The lowest BCUT2D eigenvalue weighted by atomic mass is 9.98. The predicted octanol–water partition coefficient (Wildman–Crippen LogP) is 3.40. The molecule has 1 unspecified atom stereocenters. The van der Waals surface area contributed by atoms with Gasteiger partial charge in [-0.25, -0.2) is 31.0 Å². The number of hydrogen-bond acceptors (Lipinski definition) is 7. The molecule has 0 spiro atoms. The van der Waals surface area contributed by atoms with Crippen molar-refractivity contribution in [3.05, 3.63) is 115 Å². The molecule has 2 N–H and O–H groups in total. The number of rotatable bonds is 7. The number of nitrogens with one attached hydrogen (secondary N) is 1. The van der Waals surface area contributed by atoms with Gasteiger partial charge in [-0.2, -0.15) is 14.5 Å². The van der Waals surface area contributed by atoms with E-state index in [2.05, 4.69) is 15.5 Å². The Hall–Kier alpha value is -4.79. The van der Waals surface area contributed by atoms with Crippen molar-refractivity contribution in [2.45, 2.75) is 27.3 Å². The molecule has 1 amide bonds. The van der Waals surface area contributed by atoms with Crippen LogP contribution in [-0.4, -0.2) is 58.4 Å². The number of carbonyl (C=O) groups is 1. The zero-order chi connectivity index (χ0) is 29.5. The number of sulfonamides is 1. The van der Waals surface area contributed by atoms with Crippen LogP contribution in [0, 0.1) is 0 Å². The molecule has 0 radical (unpaired) electrons. The summed E-state index contributed by atoms with van der Waals surface area (Å²) in [7, 11) is -8.05. The highest BCUT2D eigenvalue weighted by Gasteiger charge is 2.38. The Balaban J connectivity index is 1.31. The summed E-state index contributed by atoms with van der Waals surface area (Å²) in [5.74, 6) is 0. The Morgan fingerprint density at radius 2 is 1.33 bits per heavy atom. The molecule has 0 saturated carbocycles. The predicted molar refractivity (Wildman–Crippen MR) is 151 cm³/mol. The summed E-state index contributed by atoms with van der Waals surface area (Å²) in [6.07, 6.45) is 4.20. The topological polar surface area (TPSA) is 156 Å². The second-order valence-electron chi connectivity index (χ2n) is 9.47. The zero-order valence-electron chi connectivity index (χ0n) is 21.8. The lowest BCUT2D eigenvalue weighted by Crippen LogP contribution is -2.47. The third-order valence-electron chi connectivity index (χ3n) is 7.00. The van der Waals surface area contributed by atoms with Gasteiger partial charge >= 0.3 is 6.09 Å². The summed E-state index contributed by atoms with van der Waals surface area (Å²) in [6, 6.07) is 20.2. The number of amides is 1. The van der Waals surface area contributed by atoms with Gasteiger partial charge in [-0.05, 0) is 90.3 Å². The van der Waals surface area contributed by atoms with Crippen molar-refractivity contribution in [1.29, 1.82) is 0 Å². The van der Waals surface area contributed by atoms with Gasteiger partial charge in [0.15, 0.2) is 0 Å². The molecule has 3 heterocycles. The van der Waals surface area contributed by atoms with Crippen LogP contribution < -0.4 is 5.32 Å². The molecule has 0 fully saturated rings. The highest BCUT2D eigenvalue weighted by atomic mass is 32.2. The fraction of sp³-hybridized carbons (Fsp3) is 0.107. The first-order valence-electron chi connectivity index (χ1n) is 12.7. The first kappa shape index (κ1) is 27.4. The minimum Gasteiger partial charge on any atom is -0.465 e. The van der Waals surface area contributed by atoms with Crippen molar-refractivity contribution in [3.63, 3.8) is 0 Å². The molecule has 42 heavy (non-hydrogen) atoms. The van der Waals surface area contributed by atoms with E-state index >= 15 is 0 Å². The molecule has 12 nitrogen and oxygen atoms in total. The number of hydrogen-bond donors (Lipinski definition) is 2. The Bertz CT molecular complexity index is 1960. The largest absolute Gasteiger partial charge is 0.465 e. The van der Waals surface area contributed by atoms with E-state index in [1.54, 1.807) is 70.5 Å². The fourth-order valence-electron chi connectivity index (χ4n) is 4.94. The molecule has 3 aromatic carbocycles. The van der Waals surface area contributed by atoms with Crippen LogP contribution in [0.4, 0.5) is 4.79 Å². The maximum absolute atomic E-state index is 13.7. The maximum Gasteiger partial charge on any atom is 0.406 e. The molecule has 5 aromatic rings. The van der Waals surface area contributed by atoms with Gasteiger partial charge < -0.3 is 10.4 Å². The summed E-state index contributed by atoms with van der Waals surface area (Å²) < 4.78 is 58.5. The van der Waals surface area contributed by atoms with E-state index in [1.807, 2.05) is 0 Å². The van der Waals surface area contributed by atoms with E-state index in [-0.39, 0.29) is 27.7 Å². The fourth-order valence-corrected chi connectivity index (χ4v) is 7.77. The van der Waals surface area contributed by atoms with Crippen molar-refractivity contribution >= 4 is 26.0 Å². The van der Waals surface area contributed by atoms with Gasteiger partial charge in [-0.1, -0.05) is 6.07 Å². The summed E-state index contributed by atoms with van der Waals surface area (Å²) in [5, 5.41) is 20.1. The van der Waals surface area contributed by atoms with Gasteiger partial charge in [0.25, 0.3) is 0 Å². The molecule has 14 heteroatoms. The van der Waals surface area contributed by atoms with E-state index in [0.717, 1.165) is 4.31 Å². The molecule has 1 aliphatic rings. The molecule has 1 aliphatic heterocycles. The van der Waals surface area contributed by atoms with Crippen molar-refractivity contribution in [3.8, 4) is 11.4 Å². The minimum absolute atomic E-state index is 0.0169. The van der Waals surface area contributed by atoms with E-state index in [1.165, 1.54) is 42.5 Å². The van der Waals surface area contributed by atoms with E-state index in [9.17, 15) is 26.7 Å². The van der Waals surface area contributed by atoms with Crippen LogP contribution in [0.5, 0.6) is 0 Å². The second kappa shape index (κ2) is 10.6. The minimum atomic E-state index is -4.14. The van der Waals surface area contributed by atoms with Crippen molar-refractivity contribution in [1.82, 2.24) is 29.2 Å². The Morgan fingerprint density at radius 3 is 1.86 bits per heavy atom. The highest BCUT2D eigenvalue weighted by molar-refractivity contribution is 7.91. The normalized spacial score (nSPS) is 15.7. The molecule has 214 valence electrons. The number of nitrogens with zero attached hydrogens (tertiary/aromatic N) is 5. The van der Waals surface area contributed by atoms with Crippen LogP contribution in [0.25, 0.3) is 11.4 Å². The van der Waals surface area contributed by atoms with Crippen LogP contribution >= 0.6 is 0 Å². The molecule has 0 aliphatic carbocycles. The first-order valence-corrected chi connectivity index (χ1v) is 15.7. The standard InChI is InChI=1S/C28H24N6O6S2/c35-28(36)31-27-26-12-11-25(41(37,38)23-7-3-21(4-8-23)32-16-1-14-29-32)19-20(26)13-18-34(27)42(39,40)24-9-5-22(6-10-24)33-17-2-15-30-33/h1-12,14-17,19,27,31H,13,18H2,(H,35,36). The van der Waals surface area contributed by atoms with Gasteiger partial charge in [0.05, 0.1) is 26.1 Å². The van der Waals surface area contributed by atoms with Gasteiger partial charge in [0, 0.05) is 31.3 Å². The van der Waals surface area contributed by atoms with Crippen LogP contribution in [-0.2, 0) is 26.3 Å². The average Bonchev–Trinajstić information content (AvgIpc) is 3.72. The molecular weight excluding hydrogens is 580 g/mol. The third kappa shape index (κ3) is 4.95. The number of fused-ring (bicyclic) bond motifs is 1. The number of sulfone groups is 1. The smallest absolute Gasteiger partial charge is 0.406 e. The van der Waals surface area contributed by atoms with Crippen LogP contribution in [0.15, 0.2) is 118 Å². The van der Waals surface area contributed by atoms with Crippen molar-refractivity contribution in [2.75, 3.05) is 6.54 Å². The van der Waals surface area contributed by atoms with Gasteiger partial charge in [0.2, 0.25) is 19.9 Å². The second-order valence-corrected chi connectivity index (χ2v) is 13.3. The molecule has 0 bridgehead atoms. The molecule has 2 aromatic heterocycles. The van der Waals surface area contributed by atoms with Gasteiger partial charge in [0.1, 0.15) is 6.17 Å². The number of carboxylic acid groups (broad SMARTS) is 1. The Kier molecular flexibility index (Phi) is 6.88. The summed E-state index contributed by atoms with van der Waals surface area (Å²) >= 11 is 0. The molecule has 0 saturated heterocycles. The van der Waals surface area contributed by atoms with Crippen molar-refractivity contribution in [2.24, 2.45) is 0 Å². The SMILES string of the molecule is O=C(O)NC1c2ccc(S(=O)(=O)c3ccc(-n4cccn4)cc3)cc2CCN1S(=O)(=O)c1ccc(-n2cccn2)cc1. The lowest BCUT2D eigenvalue weighted by molar-refractivity contribution is 0.173. The number of benzene rings is 3. The van der Waals surface area contributed by atoms with E-state index in [4.69, 9.17) is 0 Å². The average molecular weight is 605 g/mol. The van der Waals surface area contributed by atoms with Gasteiger partial charge in [-0.15, -0.1) is 0 Å². The molecular formula is C28H24N6O6S2. The Morgan fingerprint density at radius 1 is 0.786 bits per heavy atom. The molecule has 6 rings (SSSR count). The van der Waals surface area contributed by atoms with E-state index < -0.39 is 32.1 Å². The Labute approximate surface area is 241 Å².